The van der Waals surface area contributed by atoms with E-state index < -0.39 is 17.9 Å². The Balaban J connectivity index is 2.20. The third-order valence-corrected chi connectivity index (χ3v) is 3.82. The minimum atomic E-state index is -1.15. The Morgan fingerprint density at radius 3 is 2.50 bits per heavy atom. The van der Waals surface area contributed by atoms with Gasteiger partial charge >= 0.3 is 5.97 Å². The normalized spacial score (nSPS) is 11.7. The lowest BCUT2D eigenvalue weighted by Crippen LogP contribution is -2.46. The number of carbonyl (C=O) groups is 3. The average Bonchev–Trinajstić information content (AvgIpc) is 3.08. The summed E-state index contributed by atoms with van der Waals surface area (Å²) in [5, 5.41) is 19.6. The first kappa shape index (κ1) is 19.1. The van der Waals surface area contributed by atoms with Gasteiger partial charge in [-0.3, -0.25) is 9.59 Å². The van der Waals surface area contributed by atoms with E-state index in [1.807, 2.05) is 31.2 Å². The van der Waals surface area contributed by atoms with Crippen molar-refractivity contribution >= 4 is 17.8 Å². The number of rotatable bonds is 7. The van der Waals surface area contributed by atoms with Crippen LogP contribution in [0.3, 0.4) is 0 Å². The number of nitrogens with zero attached hydrogens (tertiary/aromatic N) is 4. The van der Waals surface area contributed by atoms with Gasteiger partial charge in [0.1, 0.15) is 6.04 Å². The van der Waals surface area contributed by atoms with Gasteiger partial charge in [-0.15, -0.1) is 5.10 Å². The van der Waals surface area contributed by atoms with E-state index in [4.69, 9.17) is 0 Å². The Hall–Kier alpha value is -3.23. The molecule has 138 valence electrons. The van der Waals surface area contributed by atoms with Gasteiger partial charge in [-0.2, -0.15) is 0 Å². The van der Waals surface area contributed by atoms with Crippen molar-refractivity contribution in [1.29, 1.82) is 0 Å². The molecule has 2 amide bonds. The van der Waals surface area contributed by atoms with Crippen molar-refractivity contribution in [2.45, 2.75) is 26.8 Å². The molecule has 0 saturated heterocycles. The van der Waals surface area contributed by atoms with Crippen LogP contribution in [0.15, 0.2) is 30.5 Å². The molecule has 1 unspecified atom stereocenters. The lowest BCUT2D eigenvalue weighted by molar-refractivity contribution is -0.141. The monoisotopic (exact) mass is 359 g/mol. The van der Waals surface area contributed by atoms with Crippen LogP contribution in [0, 0.1) is 6.92 Å². The van der Waals surface area contributed by atoms with Crippen molar-refractivity contribution in [2.24, 2.45) is 0 Å². The van der Waals surface area contributed by atoms with E-state index >= 15 is 0 Å². The maximum absolute atomic E-state index is 12.7. The van der Waals surface area contributed by atoms with Crippen LogP contribution in [0.5, 0.6) is 0 Å². The number of hydrogen-bond acceptors (Lipinski definition) is 5. The van der Waals surface area contributed by atoms with Crippen LogP contribution in [0.4, 0.5) is 0 Å². The zero-order chi connectivity index (χ0) is 19.3. The summed E-state index contributed by atoms with van der Waals surface area (Å²) < 4.78 is 1.45. The molecule has 1 aromatic carbocycles. The molecule has 0 fully saturated rings. The predicted molar refractivity (Wildman–Crippen MR) is 92.9 cm³/mol. The van der Waals surface area contributed by atoms with Crippen molar-refractivity contribution in [3.8, 4) is 5.69 Å². The van der Waals surface area contributed by atoms with Gasteiger partial charge in [-0.05, 0) is 26.0 Å². The minimum absolute atomic E-state index is 0.0292. The molecule has 0 aliphatic carbocycles. The minimum Gasteiger partial charge on any atom is -0.480 e. The fourth-order valence-electron chi connectivity index (χ4n) is 2.29. The SMILES string of the molecule is CC(=O)NCCN(C(=O)c1cn(-c2ccc(C)cc2)nn1)C(C)C(=O)O. The summed E-state index contributed by atoms with van der Waals surface area (Å²) in [5.41, 5.74) is 1.85. The van der Waals surface area contributed by atoms with Crippen molar-refractivity contribution < 1.29 is 19.5 Å². The topological polar surface area (TPSA) is 117 Å². The second-order valence-corrected chi connectivity index (χ2v) is 5.88. The smallest absolute Gasteiger partial charge is 0.326 e. The fourth-order valence-corrected chi connectivity index (χ4v) is 2.29. The first-order chi connectivity index (χ1) is 12.3. The van der Waals surface area contributed by atoms with Gasteiger partial charge in [0.15, 0.2) is 5.69 Å². The number of carboxylic acid groups (broad SMARTS) is 1. The van der Waals surface area contributed by atoms with Gasteiger partial charge in [0.05, 0.1) is 11.9 Å². The van der Waals surface area contributed by atoms with Crippen molar-refractivity contribution in [2.75, 3.05) is 13.1 Å². The highest BCUT2D eigenvalue weighted by Gasteiger charge is 2.28. The van der Waals surface area contributed by atoms with Crippen LogP contribution in [-0.4, -0.2) is 61.9 Å². The quantitative estimate of drug-likeness (QED) is 0.749. The molecule has 0 aliphatic heterocycles. The summed E-state index contributed by atoms with van der Waals surface area (Å²) in [4.78, 5) is 36.1. The molecule has 2 rings (SSSR count). The Kier molecular flexibility index (Phi) is 6.05. The van der Waals surface area contributed by atoms with Crippen molar-refractivity contribution in [3.05, 3.63) is 41.7 Å². The third-order valence-electron chi connectivity index (χ3n) is 3.82. The average molecular weight is 359 g/mol. The van der Waals surface area contributed by atoms with Gasteiger partial charge in [0.2, 0.25) is 5.91 Å². The van der Waals surface area contributed by atoms with Crippen LogP contribution in [0.2, 0.25) is 0 Å². The van der Waals surface area contributed by atoms with E-state index in [9.17, 15) is 19.5 Å². The van der Waals surface area contributed by atoms with E-state index in [2.05, 4.69) is 15.6 Å². The molecule has 9 nitrogen and oxygen atoms in total. The van der Waals surface area contributed by atoms with Gasteiger partial charge < -0.3 is 15.3 Å². The van der Waals surface area contributed by atoms with Crippen LogP contribution >= 0.6 is 0 Å². The first-order valence-corrected chi connectivity index (χ1v) is 8.07. The van der Waals surface area contributed by atoms with E-state index in [1.165, 1.54) is 24.7 Å². The molecule has 0 saturated carbocycles. The summed E-state index contributed by atoms with van der Waals surface area (Å²) in [6.07, 6.45) is 1.45. The fraction of sp³-hybridized carbons (Fsp3) is 0.353. The van der Waals surface area contributed by atoms with Gasteiger partial charge in [-0.25, -0.2) is 9.48 Å². The molecule has 2 aromatic rings. The van der Waals surface area contributed by atoms with Crippen LogP contribution in [-0.2, 0) is 9.59 Å². The van der Waals surface area contributed by atoms with Gasteiger partial charge in [0.25, 0.3) is 5.91 Å². The van der Waals surface area contributed by atoms with Crippen LogP contribution in [0.1, 0.15) is 29.9 Å². The summed E-state index contributed by atoms with van der Waals surface area (Å²) in [7, 11) is 0. The predicted octanol–water partition coefficient (Wildman–Crippen LogP) is 0.627. The highest BCUT2D eigenvalue weighted by molar-refractivity contribution is 5.94. The van der Waals surface area contributed by atoms with Gasteiger partial charge in [0, 0.05) is 20.0 Å². The molecule has 0 radical (unpaired) electrons. The molecular weight excluding hydrogens is 338 g/mol. The second-order valence-electron chi connectivity index (χ2n) is 5.88. The van der Waals surface area contributed by atoms with E-state index in [0.717, 1.165) is 16.2 Å². The molecule has 0 spiro atoms. The summed E-state index contributed by atoms with van der Waals surface area (Å²) in [5.74, 6) is -1.97. The zero-order valence-electron chi connectivity index (χ0n) is 14.8. The first-order valence-electron chi connectivity index (χ1n) is 8.07. The number of amides is 2. The number of hydrogen-bond donors (Lipinski definition) is 2. The Morgan fingerprint density at radius 1 is 1.27 bits per heavy atom. The Morgan fingerprint density at radius 2 is 1.92 bits per heavy atom. The maximum Gasteiger partial charge on any atom is 0.326 e. The van der Waals surface area contributed by atoms with Crippen molar-refractivity contribution in [1.82, 2.24) is 25.2 Å². The number of benzene rings is 1. The Labute approximate surface area is 150 Å². The molecule has 2 N–H and O–H groups in total. The number of carboxylic acids is 1. The second kappa shape index (κ2) is 8.24. The molecular formula is C17H21N5O4. The Bertz CT molecular complexity index is 800. The standard InChI is InChI=1S/C17H21N5O4/c1-11-4-6-14(7-5-11)22-10-15(19-20-22)16(24)21(12(2)17(25)26)9-8-18-13(3)23/h4-7,10,12H,8-9H2,1-3H3,(H,18,23)(H,25,26). The molecule has 26 heavy (non-hydrogen) atoms. The highest BCUT2D eigenvalue weighted by atomic mass is 16.4. The third kappa shape index (κ3) is 4.65. The number of nitrogens with one attached hydrogen (secondary N) is 1. The van der Waals surface area contributed by atoms with Crippen LogP contribution < -0.4 is 5.32 Å². The number of aromatic nitrogens is 3. The lowest BCUT2D eigenvalue weighted by Gasteiger charge is -2.25. The molecule has 0 bridgehead atoms. The van der Waals surface area contributed by atoms with E-state index in [0.29, 0.717) is 0 Å². The summed E-state index contributed by atoms with van der Waals surface area (Å²) >= 11 is 0. The van der Waals surface area contributed by atoms with Gasteiger partial charge in [-0.1, -0.05) is 22.9 Å². The number of aliphatic carboxylic acids is 1. The zero-order valence-corrected chi connectivity index (χ0v) is 14.8. The molecule has 1 heterocycles. The van der Waals surface area contributed by atoms with Crippen LogP contribution in [0.25, 0.3) is 5.69 Å². The number of carbonyl (C=O) groups excluding carboxylic acids is 2. The molecule has 1 aromatic heterocycles. The largest absolute Gasteiger partial charge is 0.480 e. The summed E-state index contributed by atoms with van der Waals surface area (Å²) in [6, 6.07) is 6.43. The number of aryl methyl sites for hydroxylation is 1. The van der Waals surface area contributed by atoms with E-state index in [1.54, 1.807) is 0 Å². The maximum atomic E-state index is 12.7. The molecule has 1 atom stereocenters. The lowest BCUT2D eigenvalue weighted by atomic mass is 10.2. The van der Waals surface area contributed by atoms with E-state index in [-0.39, 0.29) is 24.7 Å². The molecule has 0 aliphatic rings. The molecule has 9 heteroatoms. The summed E-state index contributed by atoms with van der Waals surface area (Å²) in [6.45, 7) is 4.90. The van der Waals surface area contributed by atoms with Crippen molar-refractivity contribution in [3.63, 3.8) is 0 Å². The highest BCUT2D eigenvalue weighted by Crippen LogP contribution is 2.11.